The topological polar surface area (TPSA) is 25.2 Å². The van der Waals surface area contributed by atoms with Gasteiger partial charge >= 0.3 is 0 Å². The van der Waals surface area contributed by atoms with Gasteiger partial charge in [0.25, 0.3) is 0 Å². The van der Waals surface area contributed by atoms with Crippen molar-refractivity contribution in [1.82, 2.24) is 5.32 Å². The van der Waals surface area contributed by atoms with E-state index in [1.165, 1.54) is 6.92 Å². The van der Waals surface area contributed by atoms with Crippen LogP contribution in [-0.4, -0.2) is 13.6 Å². The van der Waals surface area contributed by atoms with Gasteiger partial charge in [-0.15, -0.1) is 0 Å². The molecule has 0 amide bonds. The molecule has 12 heavy (non-hydrogen) atoms. The fourth-order valence-corrected chi connectivity index (χ4v) is 1.13. The fraction of sp³-hybridized carbons (Fsp3) is 0.556. The van der Waals surface area contributed by atoms with Crippen molar-refractivity contribution in [1.29, 1.82) is 0 Å². The Morgan fingerprint density at radius 1 is 1.58 bits per heavy atom. The number of likely N-dealkylation sites (N-methyl/N-ethyl adjacent to an activating group) is 1. The summed E-state index contributed by atoms with van der Waals surface area (Å²) in [5.41, 5.74) is -1.41. The molecule has 1 atom stereocenters. The van der Waals surface area contributed by atoms with Gasteiger partial charge in [0, 0.05) is 6.54 Å². The summed E-state index contributed by atoms with van der Waals surface area (Å²) in [5.74, 6) is 1.12. The molecule has 0 aliphatic rings. The third-order valence-corrected chi connectivity index (χ3v) is 1.76. The maximum Gasteiger partial charge on any atom is 0.177 e. The van der Waals surface area contributed by atoms with Crippen molar-refractivity contribution < 1.29 is 8.81 Å². The molecule has 1 heterocycles. The number of nitrogens with one attached hydrogen (secondary N) is 1. The molecule has 0 spiro atoms. The molecule has 0 aliphatic heterocycles. The second-order valence-corrected chi connectivity index (χ2v) is 3.14. The summed E-state index contributed by atoms with van der Waals surface area (Å²) in [4.78, 5) is 0. The molecule has 2 nitrogen and oxygen atoms in total. The Hall–Kier alpha value is -0.830. The molecule has 0 saturated heterocycles. The van der Waals surface area contributed by atoms with E-state index < -0.39 is 5.67 Å². The molecule has 0 saturated carbocycles. The van der Waals surface area contributed by atoms with Gasteiger partial charge in [-0.3, -0.25) is 0 Å². The lowest BCUT2D eigenvalue weighted by Gasteiger charge is -2.16. The zero-order chi connectivity index (χ0) is 9.19. The van der Waals surface area contributed by atoms with Crippen molar-refractivity contribution in [2.45, 2.75) is 19.5 Å². The first kappa shape index (κ1) is 9.26. The Morgan fingerprint density at radius 2 is 2.25 bits per heavy atom. The van der Waals surface area contributed by atoms with Crippen LogP contribution in [0.5, 0.6) is 0 Å². The molecule has 1 aromatic rings. The highest BCUT2D eigenvalue weighted by Gasteiger charge is 2.28. The quantitative estimate of drug-likeness (QED) is 0.752. The van der Waals surface area contributed by atoms with Crippen molar-refractivity contribution in [2.75, 3.05) is 13.6 Å². The average Bonchev–Trinajstić information content (AvgIpc) is 2.36. The zero-order valence-corrected chi connectivity index (χ0v) is 7.65. The largest absolute Gasteiger partial charge is 0.463 e. The lowest BCUT2D eigenvalue weighted by molar-refractivity contribution is 0.151. The van der Waals surface area contributed by atoms with Crippen LogP contribution in [0.15, 0.2) is 16.5 Å². The van der Waals surface area contributed by atoms with Gasteiger partial charge < -0.3 is 9.73 Å². The maximum absolute atomic E-state index is 13.7. The number of furan rings is 1. The number of hydrogen-bond donors (Lipinski definition) is 1. The van der Waals surface area contributed by atoms with Crippen molar-refractivity contribution in [3.63, 3.8) is 0 Å². The van der Waals surface area contributed by atoms with Crippen LogP contribution in [-0.2, 0) is 5.67 Å². The van der Waals surface area contributed by atoms with Crippen LogP contribution in [0.3, 0.4) is 0 Å². The lowest BCUT2D eigenvalue weighted by atomic mass is 10.1. The Kier molecular flexibility index (Phi) is 2.52. The van der Waals surface area contributed by atoms with Gasteiger partial charge in [0.2, 0.25) is 0 Å². The number of hydrogen-bond acceptors (Lipinski definition) is 2. The maximum atomic E-state index is 13.7. The van der Waals surface area contributed by atoms with E-state index in [4.69, 9.17) is 4.42 Å². The van der Waals surface area contributed by atoms with Gasteiger partial charge in [-0.05, 0) is 33.0 Å². The minimum atomic E-state index is -1.41. The third-order valence-electron chi connectivity index (χ3n) is 1.76. The predicted molar refractivity (Wildman–Crippen MR) is 45.8 cm³/mol. The van der Waals surface area contributed by atoms with Crippen molar-refractivity contribution in [2.24, 2.45) is 0 Å². The smallest absolute Gasteiger partial charge is 0.177 e. The second-order valence-electron chi connectivity index (χ2n) is 3.14. The third kappa shape index (κ3) is 1.85. The molecule has 0 aromatic carbocycles. The van der Waals surface area contributed by atoms with E-state index in [9.17, 15) is 4.39 Å². The number of halogens is 1. The molecule has 1 unspecified atom stereocenters. The first-order valence-electron chi connectivity index (χ1n) is 3.97. The minimum absolute atomic E-state index is 0.264. The highest BCUT2D eigenvalue weighted by atomic mass is 19.1. The predicted octanol–water partition coefficient (Wildman–Crippen LogP) is 1.99. The lowest BCUT2D eigenvalue weighted by Crippen LogP contribution is -2.28. The first-order valence-corrected chi connectivity index (χ1v) is 3.97. The Labute approximate surface area is 71.8 Å². The first-order chi connectivity index (χ1) is 5.56. The number of alkyl halides is 1. The van der Waals surface area contributed by atoms with Crippen molar-refractivity contribution in [3.05, 3.63) is 23.7 Å². The van der Waals surface area contributed by atoms with E-state index in [0.717, 1.165) is 5.76 Å². The molecule has 1 rings (SSSR count). The minimum Gasteiger partial charge on any atom is -0.463 e. The Balaban J connectivity index is 2.81. The highest BCUT2D eigenvalue weighted by molar-refractivity contribution is 5.12. The van der Waals surface area contributed by atoms with E-state index in [0.29, 0.717) is 5.76 Å². The fourth-order valence-electron chi connectivity index (χ4n) is 1.13. The van der Waals surface area contributed by atoms with E-state index >= 15 is 0 Å². The molecule has 0 radical (unpaired) electrons. The SMILES string of the molecule is CNCC(C)(F)c1ccc(C)o1. The molecule has 0 fully saturated rings. The Morgan fingerprint density at radius 3 is 2.67 bits per heavy atom. The van der Waals surface area contributed by atoms with Crippen LogP contribution in [0.4, 0.5) is 4.39 Å². The van der Waals surface area contributed by atoms with Crippen LogP contribution in [0.2, 0.25) is 0 Å². The molecule has 3 heteroatoms. The van der Waals surface area contributed by atoms with Crippen molar-refractivity contribution >= 4 is 0 Å². The van der Waals surface area contributed by atoms with E-state index in [2.05, 4.69) is 5.32 Å². The standard InChI is InChI=1S/C9H14FNO/c1-7-4-5-8(12-7)9(2,10)6-11-3/h4-5,11H,6H2,1-3H3. The van der Waals surface area contributed by atoms with Gasteiger partial charge in [-0.25, -0.2) is 4.39 Å². The van der Waals surface area contributed by atoms with Crippen molar-refractivity contribution in [3.8, 4) is 0 Å². The molecule has 0 bridgehead atoms. The van der Waals surface area contributed by atoms with E-state index in [1.54, 1.807) is 26.1 Å². The van der Waals surface area contributed by atoms with Crippen LogP contribution in [0.25, 0.3) is 0 Å². The van der Waals surface area contributed by atoms with Gasteiger partial charge in [0.05, 0.1) is 0 Å². The molecular formula is C9H14FNO. The summed E-state index contributed by atoms with van der Waals surface area (Å²) in [6.07, 6.45) is 0. The molecule has 0 aliphatic carbocycles. The number of rotatable bonds is 3. The van der Waals surface area contributed by atoms with Crippen LogP contribution in [0, 0.1) is 6.92 Å². The van der Waals surface area contributed by atoms with Gasteiger partial charge in [-0.1, -0.05) is 0 Å². The summed E-state index contributed by atoms with van der Waals surface area (Å²) in [6, 6.07) is 3.44. The summed E-state index contributed by atoms with van der Waals surface area (Å²) in [5, 5.41) is 2.78. The monoisotopic (exact) mass is 171 g/mol. The second kappa shape index (κ2) is 3.27. The van der Waals surface area contributed by atoms with E-state index in [1.807, 2.05) is 0 Å². The number of aryl methyl sites for hydroxylation is 1. The van der Waals surface area contributed by atoms with Gasteiger partial charge in [0.15, 0.2) is 5.67 Å². The highest BCUT2D eigenvalue weighted by Crippen LogP contribution is 2.26. The van der Waals surface area contributed by atoms with E-state index in [-0.39, 0.29) is 6.54 Å². The summed E-state index contributed by atoms with van der Waals surface area (Å²) in [6.45, 7) is 3.57. The van der Waals surface area contributed by atoms with Crippen LogP contribution in [0.1, 0.15) is 18.4 Å². The van der Waals surface area contributed by atoms with Crippen LogP contribution >= 0.6 is 0 Å². The van der Waals surface area contributed by atoms with Crippen LogP contribution < -0.4 is 5.32 Å². The van der Waals surface area contributed by atoms with Gasteiger partial charge in [-0.2, -0.15) is 0 Å². The molecule has 1 N–H and O–H groups in total. The summed E-state index contributed by atoms with van der Waals surface area (Å²) < 4.78 is 18.9. The summed E-state index contributed by atoms with van der Waals surface area (Å²) in [7, 11) is 1.72. The van der Waals surface area contributed by atoms with Gasteiger partial charge in [0.1, 0.15) is 11.5 Å². The Bertz CT molecular complexity index is 255. The zero-order valence-electron chi connectivity index (χ0n) is 7.65. The molecule has 68 valence electrons. The average molecular weight is 171 g/mol. The molecular weight excluding hydrogens is 157 g/mol. The molecule has 1 aromatic heterocycles. The summed E-state index contributed by atoms with van der Waals surface area (Å²) >= 11 is 0. The normalized spacial score (nSPS) is 16.0.